The molecule has 0 bridgehead atoms. The first kappa shape index (κ1) is 26.3. The topological polar surface area (TPSA) is 67.3 Å². The standard InChI is InChI=1S/C31H38N4O3/c1-23-9-14-31(2,38-20-19-37-3)22-27(23)26-10-15-32-29(21-26)34-17-12-25(13-18-34)30(36)35-28(11-16-33-35)24-7-5-4-6-8-24/h4-10,15-16,21-22,25,28H,11-14,17-20H2,1-3H3. The second-order valence-electron chi connectivity index (χ2n) is 10.6. The number of piperidine rings is 1. The Bertz CT molecular complexity index is 1220. The molecule has 7 nitrogen and oxygen atoms in total. The van der Waals surface area contributed by atoms with Crippen molar-refractivity contribution in [2.75, 3.05) is 38.3 Å². The number of methoxy groups -OCH3 is 1. The SMILES string of the molecule is COCCOC1(C)C=C(c2ccnc(N3CCC(C(=O)N4N=CCC4c4ccccc4)CC3)c2)C(C)=CC1. The molecule has 2 aromatic rings. The Hall–Kier alpha value is -3.29. The molecule has 2 unspecified atom stereocenters. The second kappa shape index (κ2) is 11.6. The number of allylic oxidation sites excluding steroid dienone is 2. The van der Waals surface area contributed by atoms with Crippen molar-refractivity contribution in [1.29, 1.82) is 0 Å². The van der Waals surface area contributed by atoms with Gasteiger partial charge in [-0.2, -0.15) is 5.10 Å². The minimum Gasteiger partial charge on any atom is -0.382 e. The van der Waals surface area contributed by atoms with Gasteiger partial charge in [0, 0.05) is 44.9 Å². The van der Waals surface area contributed by atoms with Crippen molar-refractivity contribution in [2.24, 2.45) is 11.0 Å². The molecule has 5 rings (SSSR count). The predicted octanol–water partition coefficient (Wildman–Crippen LogP) is 5.41. The molecule has 1 fully saturated rings. The summed E-state index contributed by atoms with van der Waals surface area (Å²) in [7, 11) is 1.69. The Balaban J connectivity index is 1.24. The van der Waals surface area contributed by atoms with E-state index in [1.165, 1.54) is 11.1 Å². The number of benzene rings is 1. The van der Waals surface area contributed by atoms with E-state index in [0.29, 0.717) is 13.2 Å². The number of anilines is 1. The number of nitrogens with zero attached hydrogens (tertiary/aromatic N) is 4. The van der Waals surface area contributed by atoms with E-state index in [1.807, 2.05) is 30.6 Å². The molecule has 0 radical (unpaired) electrons. The van der Waals surface area contributed by atoms with Gasteiger partial charge in [-0.3, -0.25) is 4.79 Å². The molecular weight excluding hydrogens is 476 g/mol. The lowest BCUT2D eigenvalue weighted by Gasteiger charge is -2.35. The number of hydrogen-bond acceptors (Lipinski definition) is 6. The van der Waals surface area contributed by atoms with Crippen molar-refractivity contribution >= 4 is 23.5 Å². The number of carbonyl (C=O) groups is 1. The third-order valence-electron chi connectivity index (χ3n) is 7.87. The van der Waals surface area contributed by atoms with Gasteiger partial charge < -0.3 is 14.4 Å². The summed E-state index contributed by atoms with van der Waals surface area (Å²) >= 11 is 0. The maximum atomic E-state index is 13.4. The minimum absolute atomic E-state index is 0.00398. The number of rotatable bonds is 8. The Morgan fingerprint density at radius 1 is 1.13 bits per heavy atom. The molecule has 2 atom stereocenters. The first-order valence-electron chi connectivity index (χ1n) is 13.6. The number of hydrazone groups is 1. The van der Waals surface area contributed by atoms with Crippen LogP contribution in [-0.2, 0) is 14.3 Å². The lowest BCUT2D eigenvalue weighted by atomic mass is 9.85. The highest BCUT2D eigenvalue weighted by Gasteiger charge is 2.35. The van der Waals surface area contributed by atoms with Gasteiger partial charge in [0.25, 0.3) is 0 Å². The summed E-state index contributed by atoms with van der Waals surface area (Å²) in [5.41, 5.74) is 4.35. The van der Waals surface area contributed by atoms with Crippen LogP contribution in [0.4, 0.5) is 5.82 Å². The zero-order chi connectivity index (χ0) is 26.5. The average molecular weight is 515 g/mol. The fraction of sp³-hybridized carbons (Fsp3) is 0.452. The molecule has 0 N–H and O–H groups in total. The van der Waals surface area contributed by atoms with Crippen LogP contribution >= 0.6 is 0 Å². The van der Waals surface area contributed by atoms with E-state index >= 15 is 0 Å². The summed E-state index contributed by atoms with van der Waals surface area (Å²) in [4.78, 5) is 20.4. The normalized spacial score (nSPS) is 23.9. The van der Waals surface area contributed by atoms with Crippen LogP contribution in [-0.4, -0.2) is 61.1 Å². The zero-order valence-electron chi connectivity index (χ0n) is 22.7. The van der Waals surface area contributed by atoms with Gasteiger partial charge in [0.1, 0.15) is 5.82 Å². The molecule has 1 aliphatic carbocycles. The van der Waals surface area contributed by atoms with E-state index in [2.05, 4.69) is 60.3 Å². The highest BCUT2D eigenvalue weighted by Crippen LogP contribution is 2.36. The third-order valence-corrected chi connectivity index (χ3v) is 7.87. The summed E-state index contributed by atoms with van der Waals surface area (Å²) in [5.74, 6) is 1.07. The van der Waals surface area contributed by atoms with E-state index in [4.69, 9.17) is 14.5 Å². The van der Waals surface area contributed by atoms with Gasteiger partial charge >= 0.3 is 0 Å². The van der Waals surface area contributed by atoms with Crippen LogP contribution < -0.4 is 4.90 Å². The van der Waals surface area contributed by atoms with Crippen LogP contribution in [0.1, 0.15) is 56.7 Å². The quantitative estimate of drug-likeness (QED) is 0.441. The molecule has 7 heteroatoms. The lowest BCUT2D eigenvalue weighted by Crippen LogP contribution is -2.41. The summed E-state index contributed by atoms with van der Waals surface area (Å²) in [6.45, 7) is 7.02. The summed E-state index contributed by atoms with van der Waals surface area (Å²) < 4.78 is 11.3. The molecule has 0 saturated carbocycles. The van der Waals surface area contributed by atoms with E-state index in [0.717, 1.165) is 55.7 Å². The largest absolute Gasteiger partial charge is 0.382 e. The predicted molar refractivity (Wildman–Crippen MR) is 151 cm³/mol. The first-order valence-corrected chi connectivity index (χ1v) is 13.6. The number of ether oxygens (including phenoxy) is 2. The molecule has 1 saturated heterocycles. The number of amides is 1. The van der Waals surface area contributed by atoms with Crippen molar-refractivity contribution in [1.82, 2.24) is 9.99 Å². The Morgan fingerprint density at radius 2 is 1.92 bits per heavy atom. The monoisotopic (exact) mass is 514 g/mol. The van der Waals surface area contributed by atoms with E-state index in [9.17, 15) is 4.79 Å². The van der Waals surface area contributed by atoms with E-state index in [1.54, 1.807) is 12.1 Å². The van der Waals surface area contributed by atoms with Crippen molar-refractivity contribution < 1.29 is 14.3 Å². The minimum atomic E-state index is -0.356. The maximum absolute atomic E-state index is 13.4. The molecule has 3 heterocycles. The fourth-order valence-corrected chi connectivity index (χ4v) is 5.59. The molecular formula is C31H38N4O3. The summed E-state index contributed by atoms with van der Waals surface area (Å²) in [6.07, 6.45) is 11.5. The van der Waals surface area contributed by atoms with Crippen LogP contribution in [0.25, 0.3) is 5.57 Å². The van der Waals surface area contributed by atoms with Gasteiger partial charge in [0.05, 0.1) is 24.9 Å². The molecule has 1 aromatic carbocycles. The highest BCUT2D eigenvalue weighted by molar-refractivity contribution is 5.83. The fourth-order valence-electron chi connectivity index (χ4n) is 5.59. The Kier molecular flexibility index (Phi) is 8.05. The van der Waals surface area contributed by atoms with Gasteiger partial charge in [-0.1, -0.05) is 36.4 Å². The maximum Gasteiger partial charge on any atom is 0.246 e. The van der Waals surface area contributed by atoms with E-state index < -0.39 is 0 Å². The van der Waals surface area contributed by atoms with Gasteiger partial charge in [0.15, 0.2) is 0 Å². The van der Waals surface area contributed by atoms with Gasteiger partial charge in [0.2, 0.25) is 5.91 Å². The molecule has 38 heavy (non-hydrogen) atoms. The van der Waals surface area contributed by atoms with Crippen molar-refractivity contribution in [2.45, 2.75) is 51.2 Å². The summed E-state index contributed by atoms with van der Waals surface area (Å²) in [5, 5.41) is 6.17. The van der Waals surface area contributed by atoms with Crippen LogP contribution in [0.3, 0.4) is 0 Å². The molecule has 1 amide bonds. The first-order chi connectivity index (χ1) is 18.5. The average Bonchev–Trinajstić information content (AvgIpc) is 3.45. The zero-order valence-corrected chi connectivity index (χ0v) is 22.7. The smallest absolute Gasteiger partial charge is 0.246 e. The van der Waals surface area contributed by atoms with Crippen LogP contribution in [0.2, 0.25) is 0 Å². The van der Waals surface area contributed by atoms with E-state index in [-0.39, 0.29) is 23.5 Å². The highest BCUT2D eigenvalue weighted by atomic mass is 16.5. The molecule has 3 aliphatic rings. The third kappa shape index (κ3) is 5.74. The Labute approximate surface area is 225 Å². The van der Waals surface area contributed by atoms with Crippen LogP contribution in [0.15, 0.2) is 71.5 Å². The number of aromatic nitrogens is 1. The van der Waals surface area contributed by atoms with Crippen LogP contribution in [0, 0.1) is 5.92 Å². The number of hydrogen-bond donors (Lipinski definition) is 0. The van der Waals surface area contributed by atoms with Gasteiger partial charge in [-0.05, 0) is 73.6 Å². The second-order valence-corrected chi connectivity index (χ2v) is 10.6. The summed E-state index contributed by atoms with van der Waals surface area (Å²) in [6, 6.07) is 14.4. The molecule has 0 spiro atoms. The molecule has 200 valence electrons. The van der Waals surface area contributed by atoms with Gasteiger partial charge in [-0.25, -0.2) is 9.99 Å². The number of carbonyl (C=O) groups excluding carboxylic acids is 1. The van der Waals surface area contributed by atoms with Crippen LogP contribution in [0.5, 0.6) is 0 Å². The molecule has 2 aliphatic heterocycles. The number of pyridine rings is 1. The Morgan fingerprint density at radius 3 is 2.68 bits per heavy atom. The van der Waals surface area contributed by atoms with Gasteiger partial charge in [-0.15, -0.1) is 0 Å². The van der Waals surface area contributed by atoms with Crippen molar-refractivity contribution in [3.05, 3.63) is 77.5 Å². The lowest BCUT2D eigenvalue weighted by molar-refractivity contribution is -0.138. The molecule has 1 aromatic heterocycles. The van der Waals surface area contributed by atoms with Crippen molar-refractivity contribution in [3.8, 4) is 0 Å². The van der Waals surface area contributed by atoms with Crippen molar-refractivity contribution in [3.63, 3.8) is 0 Å².